The highest BCUT2D eigenvalue weighted by molar-refractivity contribution is 7.80. The molecule has 1 aromatic carbocycles. The number of aromatic nitrogens is 1. The van der Waals surface area contributed by atoms with E-state index in [4.69, 9.17) is 18.0 Å². The fraction of sp³-hybridized carbons (Fsp3) is 0.200. The van der Waals surface area contributed by atoms with Crippen molar-refractivity contribution < 1.29 is 0 Å². The van der Waals surface area contributed by atoms with E-state index in [0.29, 0.717) is 4.99 Å². The number of nitrogens with two attached hydrogens (primary N) is 1. The Labute approximate surface area is 119 Å². The van der Waals surface area contributed by atoms with Crippen LogP contribution in [0.3, 0.4) is 0 Å². The second-order valence-electron chi connectivity index (χ2n) is 4.51. The SMILES string of the molecule is Cc1cccc(C(N)=S)c1N(C)Cc1ccccn1. The summed E-state index contributed by atoms with van der Waals surface area (Å²) in [6.45, 7) is 2.79. The fourth-order valence-corrected chi connectivity index (χ4v) is 2.34. The van der Waals surface area contributed by atoms with E-state index in [0.717, 1.165) is 29.1 Å². The summed E-state index contributed by atoms with van der Waals surface area (Å²) in [5.74, 6) is 0. The van der Waals surface area contributed by atoms with Crippen molar-refractivity contribution in [3.63, 3.8) is 0 Å². The molecule has 0 saturated carbocycles. The quantitative estimate of drug-likeness (QED) is 0.868. The van der Waals surface area contributed by atoms with Gasteiger partial charge in [-0.25, -0.2) is 0 Å². The van der Waals surface area contributed by atoms with Crippen LogP contribution in [0.4, 0.5) is 5.69 Å². The summed E-state index contributed by atoms with van der Waals surface area (Å²) in [5, 5.41) is 0. The monoisotopic (exact) mass is 271 g/mol. The molecule has 2 rings (SSSR count). The zero-order chi connectivity index (χ0) is 13.8. The largest absolute Gasteiger partial charge is 0.389 e. The molecule has 0 radical (unpaired) electrons. The lowest BCUT2D eigenvalue weighted by Crippen LogP contribution is -2.23. The van der Waals surface area contributed by atoms with Gasteiger partial charge in [-0.15, -0.1) is 0 Å². The molecule has 0 amide bonds. The van der Waals surface area contributed by atoms with Gasteiger partial charge in [-0.1, -0.05) is 30.4 Å². The third-order valence-corrected chi connectivity index (χ3v) is 3.23. The highest BCUT2D eigenvalue weighted by atomic mass is 32.1. The van der Waals surface area contributed by atoms with Crippen molar-refractivity contribution in [1.29, 1.82) is 0 Å². The summed E-state index contributed by atoms with van der Waals surface area (Å²) < 4.78 is 0. The van der Waals surface area contributed by atoms with Crippen LogP contribution in [0.25, 0.3) is 0 Å². The van der Waals surface area contributed by atoms with E-state index >= 15 is 0 Å². The Balaban J connectivity index is 2.33. The lowest BCUT2D eigenvalue weighted by molar-refractivity contribution is 0.880. The van der Waals surface area contributed by atoms with E-state index in [9.17, 15) is 0 Å². The van der Waals surface area contributed by atoms with Crippen molar-refractivity contribution in [3.8, 4) is 0 Å². The Morgan fingerprint density at radius 2 is 2.05 bits per heavy atom. The first-order valence-corrected chi connectivity index (χ1v) is 6.51. The summed E-state index contributed by atoms with van der Waals surface area (Å²) in [7, 11) is 2.03. The normalized spacial score (nSPS) is 10.2. The first kappa shape index (κ1) is 13.5. The van der Waals surface area contributed by atoms with Crippen LogP contribution >= 0.6 is 12.2 Å². The molecule has 0 unspecified atom stereocenters. The van der Waals surface area contributed by atoms with Gasteiger partial charge in [-0.2, -0.15) is 0 Å². The second-order valence-corrected chi connectivity index (χ2v) is 4.95. The van der Waals surface area contributed by atoms with Crippen LogP contribution in [-0.2, 0) is 6.54 Å². The van der Waals surface area contributed by atoms with Crippen LogP contribution in [0, 0.1) is 6.92 Å². The Hall–Kier alpha value is -1.94. The van der Waals surface area contributed by atoms with Gasteiger partial charge in [0.15, 0.2) is 0 Å². The summed E-state index contributed by atoms with van der Waals surface area (Å²) in [5.41, 5.74) is 9.96. The zero-order valence-corrected chi connectivity index (χ0v) is 11.9. The van der Waals surface area contributed by atoms with Crippen LogP contribution < -0.4 is 10.6 Å². The van der Waals surface area contributed by atoms with Gasteiger partial charge in [0.1, 0.15) is 4.99 Å². The number of hydrogen-bond acceptors (Lipinski definition) is 3. The van der Waals surface area contributed by atoms with Crippen LogP contribution in [0.1, 0.15) is 16.8 Å². The van der Waals surface area contributed by atoms with E-state index in [-0.39, 0.29) is 0 Å². The van der Waals surface area contributed by atoms with Crippen molar-refractivity contribution in [3.05, 3.63) is 59.4 Å². The number of nitrogens with zero attached hydrogens (tertiary/aromatic N) is 2. The molecular formula is C15H17N3S. The van der Waals surface area contributed by atoms with E-state index in [1.807, 2.05) is 37.4 Å². The van der Waals surface area contributed by atoms with E-state index < -0.39 is 0 Å². The van der Waals surface area contributed by atoms with Crippen molar-refractivity contribution >= 4 is 22.9 Å². The Morgan fingerprint density at radius 1 is 1.26 bits per heavy atom. The van der Waals surface area contributed by atoms with Gasteiger partial charge in [-0.3, -0.25) is 4.98 Å². The number of anilines is 1. The maximum Gasteiger partial charge on any atom is 0.106 e. The van der Waals surface area contributed by atoms with Crippen LogP contribution in [0.5, 0.6) is 0 Å². The first-order valence-electron chi connectivity index (χ1n) is 6.10. The lowest BCUT2D eigenvalue weighted by atomic mass is 10.1. The maximum atomic E-state index is 5.80. The van der Waals surface area contributed by atoms with Crippen LogP contribution in [0.2, 0.25) is 0 Å². The van der Waals surface area contributed by atoms with Crippen LogP contribution in [0.15, 0.2) is 42.6 Å². The summed E-state index contributed by atoms with van der Waals surface area (Å²) in [6, 6.07) is 11.9. The molecule has 1 heterocycles. The highest BCUT2D eigenvalue weighted by Gasteiger charge is 2.12. The molecule has 2 aromatic rings. The molecule has 19 heavy (non-hydrogen) atoms. The maximum absolute atomic E-state index is 5.80. The molecule has 2 N–H and O–H groups in total. The minimum absolute atomic E-state index is 0.423. The molecule has 0 saturated heterocycles. The molecular weight excluding hydrogens is 254 g/mol. The van der Waals surface area contributed by atoms with Crippen LogP contribution in [-0.4, -0.2) is 17.0 Å². The zero-order valence-electron chi connectivity index (χ0n) is 11.1. The lowest BCUT2D eigenvalue weighted by Gasteiger charge is -2.24. The number of pyridine rings is 1. The number of thiocarbonyl (C=S) groups is 1. The van der Waals surface area contributed by atoms with Crippen molar-refractivity contribution in [2.75, 3.05) is 11.9 Å². The first-order chi connectivity index (χ1) is 9.09. The average Bonchev–Trinajstić information content (AvgIpc) is 2.39. The molecule has 4 heteroatoms. The second kappa shape index (κ2) is 5.80. The van der Waals surface area contributed by atoms with E-state index in [2.05, 4.69) is 22.9 Å². The van der Waals surface area contributed by atoms with Crippen molar-refractivity contribution in [2.24, 2.45) is 5.73 Å². The van der Waals surface area contributed by atoms with Gasteiger partial charge in [0, 0.05) is 24.5 Å². The third kappa shape index (κ3) is 3.09. The Morgan fingerprint density at radius 3 is 2.68 bits per heavy atom. The molecule has 0 fully saturated rings. The molecule has 0 bridgehead atoms. The third-order valence-electron chi connectivity index (χ3n) is 3.01. The van der Waals surface area contributed by atoms with E-state index in [1.165, 1.54) is 0 Å². The number of benzene rings is 1. The minimum atomic E-state index is 0.423. The molecule has 0 aliphatic rings. The van der Waals surface area contributed by atoms with Gasteiger partial charge in [0.2, 0.25) is 0 Å². The highest BCUT2D eigenvalue weighted by Crippen LogP contribution is 2.25. The van der Waals surface area contributed by atoms with E-state index in [1.54, 1.807) is 6.20 Å². The van der Waals surface area contributed by atoms with Crippen molar-refractivity contribution in [2.45, 2.75) is 13.5 Å². The molecule has 0 spiro atoms. The number of para-hydroxylation sites is 1. The summed E-state index contributed by atoms with van der Waals surface area (Å²) in [6.07, 6.45) is 1.80. The molecule has 1 aromatic heterocycles. The molecule has 3 nitrogen and oxygen atoms in total. The average molecular weight is 271 g/mol. The number of hydrogen-bond donors (Lipinski definition) is 1. The molecule has 0 atom stereocenters. The molecule has 0 aliphatic carbocycles. The number of rotatable bonds is 4. The predicted octanol–water partition coefficient (Wildman–Crippen LogP) is 2.66. The van der Waals surface area contributed by atoms with Gasteiger partial charge in [0.05, 0.1) is 12.2 Å². The topological polar surface area (TPSA) is 42.1 Å². The standard InChI is InChI=1S/C15H17N3S/c1-11-6-5-8-13(15(16)19)14(11)18(2)10-12-7-3-4-9-17-12/h3-9H,10H2,1-2H3,(H2,16,19). The smallest absolute Gasteiger partial charge is 0.106 e. The number of aryl methyl sites for hydroxylation is 1. The predicted molar refractivity (Wildman–Crippen MR) is 83.4 cm³/mol. The summed E-state index contributed by atoms with van der Waals surface area (Å²) in [4.78, 5) is 6.90. The Bertz CT molecular complexity index is 581. The fourth-order valence-electron chi connectivity index (χ4n) is 2.18. The minimum Gasteiger partial charge on any atom is -0.389 e. The van der Waals surface area contributed by atoms with Crippen molar-refractivity contribution in [1.82, 2.24) is 4.98 Å². The molecule has 98 valence electrons. The van der Waals surface area contributed by atoms with Gasteiger partial charge in [-0.05, 0) is 30.7 Å². The van der Waals surface area contributed by atoms with Gasteiger partial charge < -0.3 is 10.6 Å². The van der Waals surface area contributed by atoms with Gasteiger partial charge >= 0.3 is 0 Å². The molecule has 0 aliphatic heterocycles. The van der Waals surface area contributed by atoms with Gasteiger partial charge in [0.25, 0.3) is 0 Å². The Kier molecular flexibility index (Phi) is 4.12. The summed E-state index contributed by atoms with van der Waals surface area (Å²) >= 11 is 5.13.